The molecule has 1 heterocycles. The van der Waals surface area contributed by atoms with Gasteiger partial charge in [-0.25, -0.2) is 9.67 Å². The Labute approximate surface area is 85.5 Å². The van der Waals surface area contributed by atoms with Gasteiger partial charge in [-0.1, -0.05) is 13.8 Å². The van der Waals surface area contributed by atoms with E-state index < -0.39 is 0 Å². The van der Waals surface area contributed by atoms with Crippen LogP contribution in [0.4, 0.5) is 0 Å². The van der Waals surface area contributed by atoms with Crippen molar-refractivity contribution < 1.29 is 0 Å². The summed E-state index contributed by atoms with van der Waals surface area (Å²) in [6.07, 6.45) is 4.80. The van der Waals surface area contributed by atoms with Crippen molar-refractivity contribution in [1.29, 1.82) is 0 Å². The van der Waals surface area contributed by atoms with Gasteiger partial charge in [0.05, 0.1) is 0 Å². The van der Waals surface area contributed by atoms with E-state index in [1.165, 1.54) is 0 Å². The van der Waals surface area contributed by atoms with Crippen molar-refractivity contribution in [2.75, 3.05) is 6.54 Å². The topological polar surface area (TPSA) is 56.7 Å². The maximum absolute atomic E-state index is 5.44. The van der Waals surface area contributed by atoms with Crippen LogP contribution in [0.2, 0.25) is 0 Å². The maximum atomic E-state index is 5.44. The zero-order chi connectivity index (χ0) is 10.4. The van der Waals surface area contributed by atoms with Crippen molar-refractivity contribution in [1.82, 2.24) is 14.8 Å². The molecule has 0 atom stereocenters. The Hall–Kier alpha value is -0.900. The third kappa shape index (κ3) is 3.46. The second-order valence-corrected chi connectivity index (χ2v) is 4.00. The van der Waals surface area contributed by atoms with Gasteiger partial charge in [0.15, 0.2) is 0 Å². The first-order valence-electron chi connectivity index (χ1n) is 5.30. The van der Waals surface area contributed by atoms with Crippen LogP contribution in [-0.4, -0.2) is 21.3 Å². The van der Waals surface area contributed by atoms with E-state index in [4.69, 9.17) is 5.73 Å². The lowest BCUT2D eigenvalue weighted by molar-refractivity contribution is 0.462. The highest BCUT2D eigenvalue weighted by Crippen LogP contribution is 2.04. The largest absolute Gasteiger partial charge is 0.330 e. The van der Waals surface area contributed by atoms with Crippen LogP contribution < -0.4 is 5.73 Å². The molecule has 1 rings (SSSR count). The second-order valence-electron chi connectivity index (χ2n) is 4.00. The number of aryl methyl sites for hydroxylation is 1. The molecular weight excluding hydrogens is 176 g/mol. The van der Waals surface area contributed by atoms with Gasteiger partial charge in [-0.05, 0) is 25.3 Å². The van der Waals surface area contributed by atoms with E-state index in [-0.39, 0.29) is 0 Å². The number of unbranched alkanes of at least 4 members (excludes halogenated alkanes) is 1. The molecule has 0 radical (unpaired) electrons. The van der Waals surface area contributed by atoms with E-state index in [1.807, 2.05) is 4.68 Å². The Morgan fingerprint density at radius 3 is 2.86 bits per heavy atom. The molecule has 14 heavy (non-hydrogen) atoms. The fraction of sp³-hybridized carbons (Fsp3) is 0.800. The first kappa shape index (κ1) is 11.2. The third-order valence-corrected chi connectivity index (χ3v) is 2.09. The molecule has 0 aromatic carbocycles. The molecule has 0 aliphatic carbocycles. The van der Waals surface area contributed by atoms with E-state index in [9.17, 15) is 0 Å². The van der Waals surface area contributed by atoms with Crippen molar-refractivity contribution >= 4 is 0 Å². The van der Waals surface area contributed by atoms with Gasteiger partial charge in [0.2, 0.25) is 0 Å². The number of nitrogens with two attached hydrogens (primary N) is 1. The van der Waals surface area contributed by atoms with Gasteiger partial charge in [0.25, 0.3) is 0 Å². The van der Waals surface area contributed by atoms with Crippen molar-refractivity contribution in [2.45, 2.75) is 39.7 Å². The van der Waals surface area contributed by atoms with E-state index in [0.29, 0.717) is 5.92 Å². The summed E-state index contributed by atoms with van der Waals surface area (Å²) in [5.74, 6) is 1.71. The summed E-state index contributed by atoms with van der Waals surface area (Å²) in [5.41, 5.74) is 5.44. The molecule has 0 aliphatic heterocycles. The van der Waals surface area contributed by atoms with Gasteiger partial charge < -0.3 is 5.73 Å². The van der Waals surface area contributed by atoms with Gasteiger partial charge in [0.1, 0.15) is 12.2 Å². The van der Waals surface area contributed by atoms with E-state index in [2.05, 4.69) is 23.9 Å². The minimum atomic E-state index is 0.616. The van der Waals surface area contributed by atoms with Crippen LogP contribution in [0.1, 0.15) is 32.5 Å². The van der Waals surface area contributed by atoms with Crippen molar-refractivity contribution in [2.24, 2.45) is 11.7 Å². The fourth-order valence-corrected chi connectivity index (χ4v) is 1.41. The predicted octanol–water partition coefficient (Wildman–Crippen LogP) is 1.22. The Morgan fingerprint density at radius 1 is 1.43 bits per heavy atom. The normalized spacial score (nSPS) is 11.1. The zero-order valence-corrected chi connectivity index (χ0v) is 9.11. The summed E-state index contributed by atoms with van der Waals surface area (Å²) in [7, 11) is 0. The molecule has 0 saturated carbocycles. The highest BCUT2D eigenvalue weighted by atomic mass is 15.3. The summed E-state index contributed by atoms with van der Waals surface area (Å²) < 4.78 is 2.00. The van der Waals surface area contributed by atoms with E-state index >= 15 is 0 Å². The molecule has 0 unspecified atom stereocenters. The lowest BCUT2D eigenvalue weighted by Gasteiger charge is -2.07. The minimum absolute atomic E-state index is 0.616. The molecule has 80 valence electrons. The Bertz CT molecular complexity index is 254. The lowest BCUT2D eigenvalue weighted by atomic mass is 10.2. The standard InChI is InChI=1S/C10H20N4/c1-9(2)7-14-10(12-8-13-14)5-3-4-6-11/h8-9H,3-7,11H2,1-2H3. The van der Waals surface area contributed by atoms with Crippen LogP contribution in [0.3, 0.4) is 0 Å². The van der Waals surface area contributed by atoms with Gasteiger partial charge in [-0.15, -0.1) is 0 Å². The maximum Gasteiger partial charge on any atom is 0.138 e. The number of nitrogens with zero attached hydrogens (tertiary/aromatic N) is 3. The van der Waals surface area contributed by atoms with E-state index in [1.54, 1.807) is 6.33 Å². The lowest BCUT2D eigenvalue weighted by Crippen LogP contribution is -2.10. The third-order valence-electron chi connectivity index (χ3n) is 2.09. The predicted molar refractivity (Wildman–Crippen MR) is 56.9 cm³/mol. The van der Waals surface area contributed by atoms with E-state index in [0.717, 1.165) is 38.2 Å². The smallest absolute Gasteiger partial charge is 0.138 e. The monoisotopic (exact) mass is 196 g/mol. The zero-order valence-electron chi connectivity index (χ0n) is 9.11. The summed E-state index contributed by atoms with van der Waals surface area (Å²) in [6, 6.07) is 0. The van der Waals surface area contributed by atoms with Crippen molar-refractivity contribution in [3.8, 4) is 0 Å². The SMILES string of the molecule is CC(C)Cn1ncnc1CCCCN. The molecule has 0 amide bonds. The van der Waals surface area contributed by atoms with Gasteiger partial charge in [-0.3, -0.25) is 0 Å². The molecule has 0 aliphatic rings. The number of rotatable bonds is 6. The average molecular weight is 196 g/mol. The molecule has 0 saturated heterocycles. The van der Waals surface area contributed by atoms with Gasteiger partial charge >= 0.3 is 0 Å². The molecule has 4 heteroatoms. The molecule has 1 aromatic heterocycles. The van der Waals surface area contributed by atoms with Crippen LogP contribution >= 0.6 is 0 Å². The van der Waals surface area contributed by atoms with Crippen molar-refractivity contribution in [3.63, 3.8) is 0 Å². The average Bonchev–Trinajstić information content (AvgIpc) is 2.52. The van der Waals surface area contributed by atoms with Crippen LogP contribution in [-0.2, 0) is 13.0 Å². The van der Waals surface area contributed by atoms with Gasteiger partial charge in [0, 0.05) is 13.0 Å². The first-order chi connectivity index (χ1) is 6.74. The molecule has 4 nitrogen and oxygen atoms in total. The Balaban J connectivity index is 2.45. The Morgan fingerprint density at radius 2 is 2.21 bits per heavy atom. The van der Waals surface area contributed by atoms with Gasteiger partial charge in [-0.2, -0.15) is 5.10 Å². The summed E-state index contributed by atoms with van der Waals surface area (Å²) in [5, 5.41) is 4.21. The number of hydrogen-bond donors (Lipinski definition) is 1. The van der Waals surface area contributed by atoms with Crippen LogP contribution in [0, 0.1) is 5.92 Å². The molecular formula is C10H20N4. The molecule has 0 bridgehead atoms. The highest BCUT2D eigenvalue weighted by Gasteiger charge is 2.05. The quantitative estimate of drug-likeness (QED) is 0.696. The molecule has 1 aromatic rings. The fourth-order valence-electron chi connectivity index (χ4n) is 1.41. The van der Waals surface area contributed by atoms with Crippen LogP contribution in [0.5, 0.6) is 0 Å². The summed E-state index contributed by atoms with van der Waals surface area (Å²) in [6.45, 7) is 6.09. The first-order valence-corrected chi connectivity index (χ1v) is 5.30. The minimum Gasteiger partial charge on any atom is -0.330 e. The van der Waals surface area contributed by atoms with Crippen LogP contribution in [0.15, 0.2) is 6.33 Å². The molecule has 0 spiro atoms. The Kier molecular flexibility index (Phi) is 4.59. The molecule has 0 fully saturated rings. The highest BCUT2D eigenvalue weighted by molar-refractivity contribution is 4.84. The summed E-state index contributed by atoms with van der Waals surface area (Å²) >= 11 is 0. The summed E-state index contributed by atoms with van der Waals surface area (Å²) in [4.78, 5) is 4.25. The second kappa shape index (κ2) is 5.75. The molecule has 2 N–H and O–H groups in total. The van der Waals surface area contributed by atoms with Crippen molar-refractivity contribution in [3.05, 3.63) is 12.2 Å². The van der Waals surface area contributed by atoms with Crippen LogP contribution in [0.25, 0.3) is 0 Å². The number of hydrogen-bond acceptors (Lipinski definition) is 3. The number of aromatic nitrogens is 3.